The van der Waals surface area contributed by atoms with Crippen LogP contribution in [0, 0.1) is 0 Å². The molecule has 6 nitrogen and oxygen atoms in total. The maximum atomic E-state index is 10.6. The normalized spacial score (nSPS) is 11.9. The van der Waals surface area contributed by atoms with Gasteiger partial charge in [0.05, 0.1) is 19.9 Å². The minimum atomic E-state index is -1.01. The minimum absolute atomic E-state index is 0.317. The van der Waals surface area contributed by atoms with Gasteiger partial charge in [0.15, 0.2) is 11.5 Å². The smallest absolute Gasteiger partial charge is 0.321 e. The molecular formula is C11H16N2O4S. The molecule has 0 amide bonds. The van der Waals surface area contributed by atoms with Crippen molar-refractivity contribution in [2.75, 3.05) is 20.0 Å². The van der Waals surface area contributed by atoms with Gasteiger partial charge in [0.1, 0.15) is 6.04 Å². The van der Waals surface area contributed by atoms with Crippen molar-refractivity contribution in [3.05, 3.63) is 18.0 Å². The zero-order chi connectivity index (χ0) is 13.5. The predicted molar refractivity (Wildman–Crippen MR) is 69.1 cm³/mol. The van der Waals surface area contributed by atoms with E-state index in [1.807, 2.05) is 0 Å². The Hall–Kier alpha value is -1.47. The fraction of sp³-hybridized carbons (Fsp3) is 0.455. The molecule has 1 heterocycles. The molecule has 0 aliphatic carbocycles. The van der Waals surface area contributed by atoms with Gasteiger partial charge in [0, 0.05) is 23.8 Å². The molecule has 0 fully saturated rings. The molecule has 0 radical (unpaired) electrons. The van der Waals surface area contributed by atoms with E-state index in [2.05, 4.69) is 4.98 Å². The number of nitrogens with two attached hydrogens (primary N) is 1. The van der Waals surface area contributed by atoms with Crippen molar-refractivity contribution in [3.8, 4) is 11.5 Å². The number of aromatic nitrogens is 1. The second-order valence-electron chi connectivity index (χ2n) is 3.45. The Morgan fingerprint density at radius 1 is 1.56 bits per heavy atom. The van der Waals surface area contributed by atoms with Crippen LogP contribution in [0.2, 0.25) is 0 Å². The molecule has 1 unspecified atom stereocenters. The third-order valence-corrected chi connectivity index (χ3v) is 3.29. The first-order valence-electron chi connectivity index (χ1n) is 5.22. The number of thioether (sulfide) groups is 1. The number of pyridine rings is 1. The number of carboxylic acids is 1. The molecule has 0 saturated carbocycles. The monoisotopic (exact) mass is 272 g/mol. The van der Waals surface area contributed by atoms with Gasteiger partial charge < -0.3 is 20.3 Å². The van der Waals surface area contributed by atoms with E-state index in [4.69, 9.17) is 20.3 Å². The van der Waals surface area contributed by atoms with E-state index in [-0.39, 0.29) is 0 Å². The summed E-state index contributed by atoms with van der Waals surface area (Å²) in [4.78, 5) is 14.8. The summed E-state index contributed by atoms with van der Waals surface area (Å²) in [7, 11) is 3.09. The van der Waals surface area contributed by atoms with Crippen LogP contribution in [0.3, 0.4) is 0 Å². The first-order chi connectivity index (χ1) is 8.60. The molecule has 7 heteroatoms. The molecule has 0 aliphatic rings. The summed E-state index contributed by atoms with van der Waals surface area (Å²) < 4.78 is 10.4. The Balaban J connectivity index is 2.64. The standard InChI is InChI=1S/C11H16N2O4S/c1-16-9-3-4-13-8(10(9)17-2)6-18-5-7(12)11(14)15/h3-4,7H,5-6,12H2,1-2H3,(H,14,15). The number of ether oxygens (including phenoxy) is 2. The SMILES string of the molecule is COc1ccnc(CSCC(N)C(=O)O)c1OC. The highest BCUT2D eigenvalue weighted by Crippen LogP contribution is 2.31. The fourth-order valence-corrected chi connectivity index (χ4v) is 2.22. The van der Waals surface area contributed by atoms with Crippen molar-refractivity contribution in [1.82, 2.24) is 4.98 Å². The minimum Gasteiger partial charge on any atom is -0.493 e. The van der Waals surface area contributed by atoms with Gasteiger partial charge in [0.2, 0.25) is 0 Å². The lowest BCUT2D eigenvalue weighted by molar-refractivity contribution is -0.137. The van der Waals surface area contributed by atoms with Gasteiger partial charge in [-0.15, -0.1) is 0 Å². The van der Waals surface area contributed by atoms with Gasteiger partial charge in [-0.05, 0) is 0 Å². The van der Waals surface area contributed by atoms with Gasteiger partial charge in [0.25, 0.3) is 0 Å². The van der Waals surface area contributed by atoms with Gasteiger partial charge >= 0.3 is 5.97 Å². The molecule has 3 N–H and O–H groups in total. The summed E-state index contributed by atoms with van der Waals surface area (Å²) in [6.45, 7) is 0. The molecule has 0 saturated heterocycles. The summed E-state index contributed by atoms with van der Waals surface area (Å²) in [5.74, 6) is 0.994. The molecule has 1 aromatic rings. The van der Waals surface area contributed by atoms with Crippen LogP contribution >= 0.6 is 11.8 Å². The number of nitrogens with zero attached hydrogens (tertiary/aromatic N) is 1. The van der Waals surface area contributed by atoms with Gasteiger partial charge in [-0.2, -0.15) is 11.8 Å². The molecular weight excluding hydrogens is 256 g/mol. The number of carboxylic acid groups (broad SMARTS) is 1. The lowest BCUT2D eigenvalue weighted by Crippen LogP contribution is -2.32. The highest BCUT2D eigenvalue weighted by atomic mass is 32.2. The van der Waals surface area contributed by atoms with Crippen molar-refractivity contribution >= 4 is 17.7 Å². The van der Waals surface area contributed by atoms with E-state index in [9.17, 15) is 4.79 Å². The topological polar surface area (TPSA) is 94.7 Å². The van der Waals surface area contributed by atoms with Crippen molar-refractivity contribution in [2.45, 2.75) is 11.8 Å². The summed E-state index contributed by atoms with van der Waals surface area (Å²) in [6.07, 6.45) is 1.62. The number of aliphatic carboxylic acids is 1. The highest BCUT2D eigenvalue weighted by Gasteiger charge is 2.14. The lowest BCUT2D eigenvalue weighted by Gasteiger charge is -2.11. The number of methoxy groups -OCH3 is 2. The highest BCUT2D eigenvalue weighted by molar-refractivity contribution is 7.98. The van der Waals surface area contributed by atoms with Crippen LogP contribution in [0.1, 0.15) is 5.69 Å². The van der Waals surface area contributed by atoms with Crippen LogP contribution in [-0.4, -0.2) is 42.1 Å². The maximum absolute atomic E-state index is 10.6. The van der Waals surface area contributed by atoms with E-state index in [0.717, 1.165) is 0 Å². The summed E-state index contributed by atoms with van der Waals surface area (Å²) >= 11 is 1.39. The van der Waals surface area contributed by atoms with E-state index < -0.39 is 12.0 Å². The van der Waals surface area contributed by atoms with Crippen LogP contribution in [0.25, 0.3) is 0 Å². The molecule has 0 bridgehead atoms. The van der Waals surface area contributed by atoms with E-state index in [1.54, 1.807) is 19.4 Å². The summed E-state index contributed by atoms with van der Waals surface area (Å²) in [5, 5.41) is 8.66. The van der Waals surface area contributed by atoms with Crippen LogP contribution in [0.4, 0.5) is 0 Å². The third-order valence-electron chi connectivity index (χ3n) is 2.22. The largest absolute Gasteiger partial charge is 0.493 e. The Morgan fingerprint density at radius 3 is 2.83 bits per heavy atom. The van der Waals surface area contributed by atoms with Crippen molar-refractivity contribution < 1.29 is 19.4 Å². The third kappa shape index (κ3) is 3.78. The second kappa shape index (κ2) is 7.07. The Labute approximate surface area is 109 Å². The number of rotatable bonds is 7. The summed E-state index contributed by atoms with van der Waals surface area (Å²) in [5.41, 5.74) is 6.12. The molecule has 0 aliphatic heterocycles. The maximum Gasteiger partial charge on any atom is 0.321 e. The molecule has 100 valence electrons. The molecule has 1 rings (SSSR count). The van der Waals surface area contributed by atoms with Crippen LogP contribution in [0.15, 0.2) is 12.3 Å². The lowest BCUT2D eigenvalue weighted by atomic mass is 10.3. The van der Waals surface area contributed by atoms with Crippen molar-refractivity contribution in [3.63, 3.8) is 0 Å². The Kier molecular flexibility index (Phi) is 5.73. The van der Waals surface area contributed by atoms with E-state index in [1.165, 1.54) is 18.9 Å². The Morgan fingerprint density at radius 2 is 2.28 bits per heavy atom. The first kappa shape index (κ1) is 14.6. The quantitative estimate of drug-likeness (QED) is 0.756. The van der Waals surface area contributed by atoms with Crippen LogP contribution in [-0.2, 0) is 10.5 Å². The predicted octanol–water partition coefficient (Wildman–Crippen LogP) is 0.744. The van der Waals surface area contributed by atoms with Crippen molar-refractivity contribution in [2.24, 2.45) is 5.73 Å². The van der Waals surface area contributed by atoms with E-state index >= 15 is 0 Å². The zero-order valence-electron chi connectivity index (χ0n) is 10.3. The van der Waals surface area contributed by atoms with Gasteiger partial charge in [-0.1, -0.05) is 0 Å². The van der Waals surface area contributed by atoms with Gasteiger partial charge in [-0.3, -0.25) is 9.78 Å². The van der Waals surface area contributed by atoms with Crippen molar-refractivity contribution in [1.29, 1.82) is 0 Å². The molecule has 1 aromatic heterocycles. The average molecular weight is 272 g/mol. The fourth-order valence-electron chi connectivity index (χ4n) is 1.31. The van der Waals surface area contributed by atoms with Gasteiger partial charge in [-0.25, -0.2) is 0 Å². The molecule has 1 atom stereocenters. The first-order valence-corrected chi connectivity index (χ1v) is 6.37. The molecule has 0 aromatic carbocycles. The number of hydrogen-bond acceptors (Lipinski definition) is 6. The number of hydrogen-bond donors (Lipinski definition) is 2. The average Bonchev–Trinajstić information content (AvgIpc) is 2.37. The van der Waals surface area contributed by atoms with Crippen LogP contribution < -0.4 is 15.2 Å². The number of carbonyl (C=O) groups is 1. The molecule has 18 heavy (non-hydrogen) atoms. The van der Waals surface area contributed by atoms with E-state index in [0.29, 0.717) is 28.7 Å². The summed E-state index contributed by atoms with van der Waals surface area (Å²) in [6, 6.07) is 0.835. The zero-order valence-corrected chi connectivity index (χ0v) is 11.1. The van der Waals surface area contributed by atoms with Crippen LogP contribution in [0.5, 0.6) is 11.5 Å². The Bertz CT molecular complexity index is 414. The molecule has 0 spiro atoms. The second-order valence-corrected chi connectivity index (χ2v) is 4.48.